The van der Waals surface area contributed by atoms with Crippen molar-refractivity contribution in [1.29, 1.82) is 0 Å². The monoisotopic (exact) mass is 332 g/mol. The van der Waals surface area contributed by atoms with Gasteiger partial charge in [-0.3, -0.25) is 14.4 Å². The maximum absolute atomic E-state index is 12.4. The molecule has 2 amide bonds. The van der Waals surface area contributed by atoms with Gasteiger partial charge in [0.1, 0.15) is 0 Å². The molecule has 1 aromatic rings. The minimum atomic E-state index is -0.844. The van der Waals surface area contributed by atoms with Crippen molar-refractivity contribution in [3.63, 3.8) is 0 Å². The van der Waals surface area contributed by atoms with E-state index in [1.165, 1.54) is 6.92 Å². The Morgan fingerprint density at radius 3 is 2.21 bits per heavy atom. The zero-order valence-electron chi connectivity index (χ0n) is 13.9. The predicted molar refractivity (Wildman–Crippen MR) is 90.8 cm³/mol. The van der Waals surface area contributed by atoms with Crippen molar-refractivity contribution >= 4 is 23.5 Å². The molecule has 1 aliphatic rings. The number of anilines is 1. The van der Waals surface area contributed by atoms with Gasteiger partial charge in [-0.05, 0) is 37.1 Å². The number of hydrogen-bond donors (Lipinski definition) is 3. The Morgan fingerprint density at radius 1 is 1.00 bits per heavy atom. The van der Waals surface area contributed by atoms with E-state index >= 15 is 0 Å². The number of carbonyl (C=O) groups excluding carboxylic acids is 2. The third-order valence-corrected chi connectivity index (χ3v) is 4.37. The van der Waals surface area contributed by atoms with Gasteiger partial charge in [0, 0.05) is 24.2 Å². The van der Waals surface area contributed by atoms with Crippen molar-refractivity contribution < 1.29 is 19.5 Å². The zero-order valence-corrected chi connectivity index (χ0v) is 13.9. The van der Waals surface area contributed by atoms with Gasteiger partial charge in [0.05, 0.1) is 5.92 Å². The molecule has 1 aromatic carbocycles. The summed E-state index contributed by atoms with van der Waals surface area (Å²) in [6, 6.07) is 6.22. The summed E-state index contributed by atoms with van der Waals surface area (Å²) >= 11 is 0. The lowest BCUT2D eigenvalue weighted by Gasteiger charge is -2.27. The lowest BCUT2D eigenvalue weighted by atomic mass is 9.86. The highest BCUT2D eigenvalue weighted by molar-refractivity contribution is 5.95. The molecule has 1 saturated carbocycles. The molecule has 0 aliphatic heterocycles. The second-order valence-corrected chi connectivity index (χ2v) is 6.27. The highest BCUT2D eigenvalue weighted by Gasteiger charge is 2.30. The molecule has 1 aliphatic carbocycles. The number of carboxylic acid groups (broad SMARTS) is 1. The van der Waals surface area contributed by atoms with Gasteiger partial charge in [0.15, 0.2) is 0 Å². The molecule has 6 heteroatoms. The van der Waals surface area contributed by atoms with Crippen molar-refractivity contribution in [3.8, 4) is 0 Å². The quantitative estimate of drug-likeness (QED) is 0.790. The predicted octanol–water partition coefficient (Wildman–Crippen LogP) is 2.80. The first-order valence-electron chi connectivity index (χ1n) is 8.38. The molecule has 0 radical (unpaired) electrons. The Kier molecular flexibility index (Phi) is 6.35. The molecule has 2 unspecified atom stereocenters. The Morgan fingerprint density at radius 2 is 1.62 bits per heavy atom. The van der Waals surface area contributed by atoms with Gasteiger partial charge < -0.3 is 15.7 Å². The Balaban J connectivity index is 2.05. The summed E-state index contributed by atoms with van der Waals surface area (Å²) in [4.78, 5) is 34.9. The second-order valence-electron chi connectivity index (χ2n) is 6.27. The summed E-state index contributed by atoms with van der Waals surface area (Å²) in [5.41, 5.74) is 1.07. The maximum Gasteiger partial charge on any atom is 0.308 e. The molecule has 0 heterocycles. The fourth-order valence-electron chi connectivity index (χ4n) is 3.11. The fraction of sp³-hybridized carbons (Fsp3) is 0.500. The molecule has 2 atom stereocenters. The van der Waals surface area contributed by atoms with E-state index in [1.807, 2.05) is 0 Å². The van der Waals surface area contributed by atoms with E-state index in [4.69, 9.17) is 0 Å². The van der Waals surface area contributed by atoms with Crippen LogP contribution in [0.5, 0.6) is 0 Å². The molecular formula is C18H24N2O4. The van der Waals surface area contributed by atoms with E-state index in [0.717, 1.165) is 25.7 Å². The summed E-state index contributed by atoms with van der Waals surface area (Å²) in [6.07, 6.45) is 5.22. The second kappa shape index (κ2) is 8.47. The maximum atomic E-state index is 12.4. The Labute approximate surface area is 141 Å². The molecule has 0 bridgehead atoms. The number of aliphatic carboxylic acids is 1. The lowest BCUT2D eigenvalue weighted by Crippen LogP contribution is -2.43. The van der Waals surface area contributed by atoms with Crippen LogP contribution in [0.25, 0.3) is 0 Å². The molecule has 0 aromatic heterocycles. The average molecular weight is 332 g/mol. The smallest absolute Gasteiger partial charge is 0.308 e. The van der Waals surface area contributed by atoms with Crippen LogP contribution in [0.3, 0.4) is 0 Å². The summed E-state index contributed by atoms with van der Waals surface area (Å²) < 4.78 is 0. The first kappa shape index (κ1) is 18.0. The van der Waals surface area contributed by atoms with Crippen molar-refractivity contribution in [2.45, 2.75) is 51.5 Å². The lowest BCUT2D eigenvalue weighted by molar-refractivity contribution is -0.143. The summed E-state index contributed by atoms with van der Waals surface area (Å²) in [5, 5.41) is 15.0. The molecule has 2 rings (SSSR count). The number of carboxylic acids is 1. The number of benzene rings is 1. The summed E-state index contributed by atoms with van der Waals surface area (Å²) in [6.45, 7) is 1.42. The largest absolute Gasteiger partial charge is 0.481 e. The standard InChI is InChI=1S/C18H24N2O4/c1-12(21)19-14-10-8-13(9-11-14)17(22)20-16-7-5-3-2-4-6-15(16)18(23)24/h8-11,15-16H,2-7H2,1H3,(H,19,21)(H,20,22)(H,23,24). The van der Waals surface area contributed by atoms with Crippen LogP contribution < -0.4 is 10.6 Å². The van der Waals surface area contributed by atoms with Crippen LogP contribution in [-0.4, -0.2) is 28.9 Å². The van der Waals surface area contributed by atoms with Gasteiger partial charge in [0.2, 0.25) is 5.91 Å². The zero-order chi connectivity index (χ0) is 17.5. The number of amides is 2. The van der Waals surface area contributed by atoms with Crippen LogP contribution in [0, 0.1) is 5.92 Å². The molecule has 0 spiro atoms. The van der Waals surface area contributed by atoms with E-state index in [1.54, 1.807) is 24.3 Å². The van der Waals surface area contributed by atoms with Crippen molar-refractivity contribution in [1.82, 2.24) is 5.32 Å². The van der Waals surface area contributed by atoms with Crippen LogP contribution in [0.2, 0.25) is 0 Å². The molecule has 3 N–H and O–H groups in total. The topological polar surface area (TPSA) is 95.5 Å². The van der Waals surface area contributed by atoms with Crippen molar-refractivity contribution in [2.24, 2.45) is 5.92 Å². The van der Waals surface area contributed by atoms with Gasteiger partial charge in [-0.25, -0.2) is 0 Å². The van der Waals surface area contributed by atoms with Gasteiger partial charge in [-0.2, -0.15) is 0 Å². The van der Waals surface area contributed by atoms with E-state index in [9.17, 15) is 19.5 Å². The summed E-state index contributed by atoms with van der Waals surface area (Å²) in [5.74, 6) is -1.83. The minimum Gasteiger partial charge on any atom is -0.481 e. The fourth-order valence-corrected chi connectivity index (χ4v) is 3.11. The van der Waals surface area contributed by atoms with E-state index < -0.39 is 11.9 Å². The third-order valence-electron chi connectivity index (χ3n) is 4.37. The Bertz CT molecular complexity index is 598. The van der Waals surface area contributed by atoms with E-state index in [-0.39, 0.29) is 17.9 Å². The van der Waals surface area contributed by atoms with E-state index in [2.05, 4.69) is 10.6 Å². The normalized spacial score (nSPS) is 21.2. The van der Waals surface area contributed by atoms with E-state index in [0.29, 0.717) is 24.1 Å². The minimum absolute atomic E-state index is 0.175. The molecular weight excluding hydrogens is 308 g/mol. The van der Waals surface area contributed by atoms with Gasteiger partial charge >= 0.3 is 5.97 Å². The van der Waals surface area contributed by atoms with Crippen molar-refractivity contribution in [2.75, 3.05) is 5.32 Å². The third kappa shape index (κ3) is 5.08. The van der Waals surface area contributed by atoms with Crippen molar-refractivity contribution in [3.05, 3.63) is 29.8 Å². The van der Waals surface area contributed by atoms with Crippen LogP contribution in [0.4, 0.5) is 5.69 Å². The molecule has 0 saturated heterocycles. The van der Waals surface area contributed by atoms with Crippen LogP contribution >= 0.6 is 0 Å². The van der Waals surface area contributed by atoms with Crippen LogP contribution in [0.1, 0.15) is 55.8 Å². The van der Waals surface area contributed by atoms with Gasteiger partial charge in [0.25, 0.3) is 5.91 Å². The van der Waals surface area contributed by atoms with Gasteiger partial charge in [-0.1, -0.05) is 25.7 Å². The SMILES string of the molecule is CC(=O)Nc1ccc(C(=O)NC2CCCCCCC2C(=O)O)cc1. The van der Waals surface area contributed by atoms with Gasteiger partial charge in [-0.15, -0.1) is 0 Å². The number of rotatable bonds is 4. The first-order chi connectivity index (χ1) is 11.5. The molecule has 6 nitrogen and oxygen atoms in total. The molecule has 1 fully saturated rings. The number of carbonyl (C=O) groups is 3. The summed E-state index contributed by atoms with van der Waals surface area (Å²) in [7, 11) is 0. The average Bonchev–Trinajstić information content (AvgIpc) is 2.49. The Hall–Kier alpha value is -2.37. The first-order valence-corrected chi connectivity index (χ1v) is 8.38. The number of hydrogen-bond acceptors (Lipinski definition) is 3. The molecule has 130 valence electrons. The van der Waals surface area contributed by atoms with Crippen LogP contribution in [-0.2, 0) is 9.59 Å². The number of nitrogens with one attached hydrogen (secondary N) is 2. The highest BCUT2D eigenvalue weighted by atomic mass is 16.4. The molecule has 24 heavy (non-hydrogen) atoms. The van der Waals surface area contributed by atoms with Crippen LogP contribution in [0.15, 0.2) is 24.3 Å². The highest BCUT2D eigenvalue weighted by Crippen LogP contribution is 2.23.